The van der Waals surface area contributed by atoms with Gasteiger partial charge in [-0.25, -0.2) is 9.78 Å². The van der Waals surface area contributed by atoms with Gasteiger partial charge < -0.3 is 15.0 Å². The van der Waals surface area contributed by atoms with E-state index in [1.54, 1.807) is 23.3 Å². The number of aryl methyl sites for hydroxylation is 1. The van der Waals surface area contributed by atoms with Crippen molar-refractivity contribution >= 4 is 29.2 Å². The zero-order valence-corrected chi connectivity index (χ0v) is 11.2. The maximum absolute atomic E-state index is 11.8. The molecule has 2 N–H and O–H groups in total. The van der Waals surface area contributed by atoms with Gasteiger partial charge in [0.1, 0.15) is 0 Å². The Morgan fingerprint density at radius 3 is 2.85 bits per heavy atom. The summed E-state index contributed by atoms with van der Waals surface area (Å²) in [5.74, 6) is -1.32. The van der Waals surface area contributed by atoms with Crippen LogP contribution in [0, 0.1) is 0 Å². The van der Waals surface area contributed by atoms with Crippen LogP contribution in [0.4, 0.5) is 5.69 Å². The molecule has 0 unspecified atom stereocenters. The van der Waals surface area contributed by atoms with Crippen LogP contribution in [0.15, 0.2) is 36.9 Å². The number of anilines is 1. The van der Waals surface area contributed by atoms with E-state index in [0.717, 1.165) is 0 Å². The number of hydrogen-bond acceptors (Lipinski definition) is 3. The van der Waals surface area contributed by atoms with Crippen molar-refractivity contribution in [2.45, 2.75) is 13.0 Å². The SMILES string of the molecule is O=C(CCn1ccnc1)Nc1cc(C(=O)O)ccc1Cl. The van der Waals surface area contributed by atoms with E-state index in [9.17, 15) is 9.59 Å². The van der Waals surface area contributed by atoms with Crippen molar-refractivity contribution in [3.63, 3.8) is 0 Å². The second-order valence-electron chi connectivity index (χ2n) is 4.10. The van der Waals surface area contributed by atoms with Crippen LogP contribution >= 0.6 is 11.6 Å². The molecule has 20 heavy (non-hydrogen) atoms. The Labute approximate surface area is 120 Å². The molecule has 0 radical (unpaired) electrons. The number of rotatable bonds is 5. The molecule has 0 aliphatic rings. The minimum atomic E-state index is -1.07. The van der Waals surface area contributed by atoms with Gasteiger partial charge in [0.25, 0.3) is 0 Å². The second-order valence-corrected chi connectivity index (χ2v) is 4.51. The number of carbonyl (C=O) groups is 2. The average molecular weight is 294 g/mol. The van der Waals surface area contributed by atoms with Crippen LogP contribution in [0.3, 0.4) is 0 Å². The van der Waals surface area contributed by atoms with Gasteiger partial charge in [0.05, 0.1) is 22.6 Å². The third kappa shape index (κ3) is 3.58. The molecule has 0 bridgehead atoms. The lowest BCUT2D eigenvalue weighted by atomic mass is 10.2. The minimum absolute atomic E-state index is 0.0688. The maximum Gasteiger partial charge on any atom is 0.335 e. The lowest BCUT2D eigenvalue weighted by Crippen LogP contribution is -2.14. The molecule has 6 nitrogen and oxygen atoms in total. The highest BCUT2D eigenvalue weighted by Gasteiger charge is 2.10. The molecular weight excluding hydrogens is 282 g/mol. The van der Waals surface area contributed by atoms with Crippen LogP contribution in [0.2, 0.25) is 5.02 Å². The first kappa shape index (κ1) is 14.1. The van der Waals surface area contributed by atoms with Crippen molar-refractivity contribution in [2.75, 3.05) is 5.32 Å². The minimum Gasteiger partial charge on any atom is -0.478 e. The number of carboxylic acid groups (broad SMARTS) is 1. The summed E-state index contributed by atoms with van der Waals surface area (Å²) in [6, 6.07) is 4.15. The van der Waals surface area contributed by atoms with Crippen molar-refractivity contribution in [3.8, 4) is 0 Å². The molecule has 0 aliphatic carbocycles. The van der Waals surface area contributed by atoms with Gasteiger partial charge in [-0.2, -0.15) is 0 Å². The molecule has 0 saturated carbocycles. The molecule has 2 aromatic rings. The van der Waals surface area contributed by atoms with E-state index in [0.29, 0.717) is 17.3 Å². The average Bonchev–Trinajstić information content (AvgIpc) is 2.92. The molecular formula is C13H12ClN3O3. The van der Waals surface area contributed by atoms with E-state index in [4.69, 9.17) is 16.7 Å². The van der Waals surface area contributed by atoms with E-state index < -0.39 is 5.97 Å². The van der Waals surface area contributed by atoms with Crippen LogP contribution in [0.5, 0.6) is 0 Å². The first-order chi connectivity index (χ1) is 9.56. The van der Waals surface area contributed by atoms with Gasteiger partial charge in [-0.3, -0.25) is 4.79 Å². The zero-order chi connectivity index (χ0) is 14.5. The Hall–Kier alpha value is -2.34. The van der Waals surface area contributed by atoms with E-state index in [1.165, 1.54) is 18.2 Å². The number of hydrogen-bond donors (Lipinski definition) is 2. The first-order valence-electron chi connectivity index (χ1n) is 5.84. The predicted molar refractivity (Wildman–Crippen MR) is 73.9 cm³/mol. The fraction of sp³-hybridized carbons (Fsp3) is 0.154. The van der Waals surface area contributed by atoms with E-state index in [2.05, 4.69) is 10.3 Å². The quantitative estimate of drug-likeness (QED) is 0.885. The van der Waals surface area contributed by atoms with Crippen molar-refractivity contribution in [3.05, 3.63) is 47.5 Å². The molecule has 1 amide bonds. The second kappa shape index (κ2) is 6.21. The predicted octanol–water partition coefficient (Wildman–Crippen LogP) is 2.26. The number of nitrogens with one attached hydrogen (secondary N) is 1. The number of amides is 1. The number of aromatic carboxylic acids is 1. The summed E-state index contributed by atoms with van der Waals surface area (Å²) in [6.07, 6.45) is 5.24. The standard InChI is InChI=1S/C13H12ClN3O3/c14-10-2-1-9(13(19)20)7-11(10)16-12(18)3-5-17-6-4-15-8-17/h1-2,4,6-8H,3,5H2,(H,16,18)(H,19,20). The number of carbonyl (C=O) groups excluding carboxylic acids is 1. The summed E-state index contributed by atoms with van der Waals surface area (Å²) >= 11 is 5.92. The third-order valence-corrected chi connectivity index (χ3v) is 2.97. The van der Waals surface area contributed by atoms with Crippen LogP contribution in [0.25, 0.3) is 0 Å². The maximum atomic E-state index is 11.8. The van der Waals surface area contributed by atoms with Crippen molar-refractivity contribution < 1.29 is 14.7 Å². The van der Waals surface area contributed by atoms with Gasteiger partial charge in [-0.1, -0.05) is 11.6 Å². The van der Waals surface area contributed by atoms with Crippen LogP contribution in [-0.2, 0) is 11.3 Å². The summed E-state index contributed by atoms with van der Waals surface area (Å²) < 4.78 is 1.77. The highest BCUT2D eigenvalue weighted by molar-refractivity contribution is 6.33. The van der Waals surface area contributed by atoms with Crippen LogP contribution in [0.1, 0.15) is 16.8 Å². The molecule has 1 aromatic heterocycles. The van der Waals surface area contributed by atoms with Gasteiger partial charge in [0.15, 0.2) is 0 Å². The third-order valence-electron chi connectivity index (χ3n) is 2.64. The van der Waals surface area contributed by atoms with Crippen LogP contribution < -0.4 is 5.32 Å². The van der Waals surface area contributed by atoms with Crippen molar-refractivity contribution in [1.82, 2.24) is 9.55 Å². The fourth-order valence-corrected chi connectivity index (χ4v) is 1.78. The fourth-order valence-electron chi connectivity index (χ4n) is 1.62. The number of nitrogens with zero attached hydrogens (tertiary/aromatic N) is 2. The first-order valence-corrected chi connectivity index (χ1v) is 6.22. The summed E-state index contributed by atoms with van der Waals surface area (Å²) in [7, 11) is 0. The Bertz CT molecular complexity index is 626. The number of benzene rings is 1. The van der Waals surface area contributed by atoms with Gasteiger partial charge in [-0.15, -0.1) is 0 Å². The number of halogens is 1. The topological polar surface area (TPSA) is 84.2 Å². The summed E-state index contributed by atoms with van der Waals surface area (Å²) in [5.41, 5.74) is 0.363. The summed E-state index contributed by atoms with van der Waals surface area (Å²) in [6.45, 7) is 0.488. The number of imidazole rings is 1. The largest absolute Gasteiger partial charge is 0.478 e. The number of carboxylic acids is 1. The normalized spacial score (nSPS) is 10.2. The molecule has 0 fully saturated rings. The monoisotopic (exact) mass is 293 g/mol. The smallest absolute Gasteiger partial charge is 0.335 e. The lowest BCUT2D eigenvalue weighted by Gasteiger charge is -2.08. The Kier molecular flexibility index (Phi) is 4.37. The van der Waals surface area contributed by atoms with E-state index in [1.807, 2.05) is 0 Å². The summed E-state index contributed by atoms with van der Waals surface area (Å²) in [5, 5.41) is 11.8. The Balaban J connectivity index is 2.00. The van der Waals surface area contributed by atoms with Gasteiger partial charge in [0, 0.05) is 25.4 Å². The lowest BCUT2D eigenvalue weighted by molar-refractivity contribution is -0.116. The van der Waals surface area contributed by atoms with Gasteiger partial charge in [-0.05, 0) is 18.2 Å². The highest BCUT2D eigenvalue weighted by atomic mass is 35.5. The van der Waals surface area contributed by atoms with E-state index >= 15 is 0 Å². The Morgan fingerprint density at radius 2 is 2.20 bits per heavy atom. The number of aromatic nitrogens is 2. The molecule has 104 valence electrons. The Morgan fingerprint density at radius 1 is 1.40 bits per heavy atom. The molecule has 0 saturated heterocycles. The molecule has 1 aromatic carbocycles. The van der Waals surface area contributed by atoms with Crippen molar-refractivity contribution in [2.24, 2.45) is 0 Å². The van der Waals surface area contributed by atoms with Gasteiger partial charge in [0.2, 0.25) is 5.91 Å². The molecule has 0 spiro atoms. The molecule has 1 heterocycles. The van der Waals surface area contributed by atoms with E-state index in [-0.39, 0.29) is 17.9 Å². The van der Waals surface area contributed by atoms with Crippen LogP contribution in [-0.4, -0.2) is 26.5 Å². The highest BCUT2D eigenvalue weighted by Crippen LogP contribution is 2.23. The molecule has 2 rings (SSSR count). The molecule has 7 heteroatoms. The molecule has 0 aliphatic heterocycles. The summed E-state index contributed by atoms with van der Waals surface area (Å²) in [4.78, 5) is 26.5. The van der Waals surface area contributed by atoms with Gasteiger partial charge >= 0.3 is 5.97 Å². The van der Waals surface area contributed by atoms with Crippen molar-refractivity contribution in [1.29, 1.82) is 0 Å². The zero-order valence-electron chi connectivity index (χ0n) is 10.4. The molecule has 0 atom stereocenters.